The second kappa shape index (κ2) is 4.84. The number of rotatable bonds is 4. The van der Waals surface area contributed by atoms with Gasteiger partial charge in [0.05, 0.1) is 11.6 Å². The zero-order valence-electron chi connectivity index (χ0n) is 9.98. The van der Waals surface area contributed by atoms with Gasteiger partial charge in [-0.3, -0.25) is 15.3 Å². The van der Waals surface area contributed by atoms with E-state index in [-0.39, 0.29) is 11.9 Å². The molecule has 0 aliphatic carbocycles. The summed E-state index contributed by atoms with van der Waals surface area (Å²) in [5.41, 5.74) is 2.89. The van der Waals surface area contributed by atoms with E-state index in [1.807, 2.05) is 0 Å². The van der Waals surface area contributed by atoms with Crippen LogP contribution < -0.4 is 21.9 Å². The predicted molar refractivity (Wildman–Crippen MR) is 66.6 cm³/mol. The molecule has 96 valence electrons. The summed E-state index contributed by atoms with van der Waals surface area (Å²) in [6.07, 6.45) is 1.58. The number of amides is 1. The monoisotopic (exact) mass is 250 g/mol. The Morgan fingerprint density at radius 1 is 1.50 bits per heavy atom. The molecule has 2 aromatic rings. The first-order valence-electron chi connectivity index (χ1n) is 5.31. The largest absolute Gasteiger partial charge is 0.358 e. The molecule has 2 aromatic heterocycles. The van der Waals surface area contributed by atoms with Crippen LogP contribution in [0.25, 0.3) is 11.0 Å². The molecule has 0 saturated heterocycles. The van der Waals surface area contributed by atoms with Crippen molar-refractivity contribution >= 4 is 28.7 Å². The van der Waals surface area contributed by atoms with Crippen molar-refractivity contribution < 1.29 is 4.79 Å². The van der Waals surface area contributed by atoms with Crippen LogP contribution in [-0.4, -0.2) is 39.2 Å². The molecule has 0 spiro atoms. The molecule has 0 saturated carbocycles. The van der Waals surface area contributed by atoms with Crippen molar-refractivity contribution in [3.8, 4) is 0 Å². The van der Waals surface area contributed by atoms with Gasteiger partial charge in [-0.15, -0.1) is 0 Å². The number of nitrogens with zero attached hydrogens (tertiary/aromatic N) is 3. The molecule has 9 heteroatoms. The topological polar surface area (TPSA) is 134 Å². The molecule has 0 aromatic carbocycles. The number of nitrogens with two attached hydrogens (primary N) is 1. The van der Waals surface area contributed by atoms with Crippen LogP contribution in [-0.2, 0) is 4.79 Å². The molecule has 0 aliphatic heterocycles. The van der Waals surface area contributed by atoms with Crippen LogP contribution in [0, 0.1) is 0 Å². The van der Waals surface area contributed by atoms with E-state index in [0.29, 0.717) is 16.9 Å². The molecule has 1 unspecified atom stereocenters. The molecular formula is C9H14N8O. The molecule has 1 atom stereocenters. The maximum Gasteiger partial charge on any atom is 0.241 e. The Hall–Kier alpha value is -2.42. The summed E-state index contributed by atoms with van der Waals surface area (Å²) in [6.45, 7) is 1.72. The van der Waals surface area contributed by atoms with E-state index >= 15 is 0 Å². The molecular weight excluding hydrogens is 236 g/mol. The first-order valence-corrected chi connectivity index (χ1v) is 5.31. The van der Waals surface area contributed by atoms with E-state index in [1.54, 1.807) is 20.2 Å². The van der Waals surface area contributed by atoms with Gasteiger partial charge in [-0.2, -0.15) is 15.1 Å². The zero-order valence-corrected chi connectivity index (χ0v) is 9.98. The summed E-state index contributed by atoms with van der Waals surface area (Å²) >= 11 is 0. The van der Waals surface area contributed by atoms with Gasteiger partial charge in [0.2, 0.25) is 11.9 Å². The SMILES string of the molecule is CNC(=O)C(C)Nc1nc(NN)nc2[nH]ncc12. The van der Waals surface area contributed by atoms with Crippen LogP contribution in [0.2, 0.25) is 0 Å². The average Bonchev–Trinajstić information content (AvgIpc) is 2.85. The number of carbonyl (C=O) groups is 1. The first kappa shape index (κ1) is 12.0. The van der Waals surface area contributed by atoms with Gasteiger partial charge in [-0.25, -0.2) is 5.84 Å². The fourth-order valence-corrected chi connectivity index (χ4v) is 1.50. The minimum absolute atomic E-state index is 0.146. The second-order valence-corrected chi connectivity index (χ2v) is 3.65. The lowest BCUT2D eigenvalue weighted by molar-refractivity contribution is -0.121. The molecule has 2 rings (SSSR count). The lowest BCUT2D eigenvalue weighted by atomic mass is 10.3. The summed E-state index contributed by atoms with van der Waals surface area (Å²) in [4.78, 5) is 19.7. The molecule has 2 heterocycles. The fraction of sp³-hybridized carbons (Fsp3) is 0.333. The van der Waals surface area contributed by atoms with Crippen molar-refractivity contribution in [2.75, 3.05) is 17.8 Å². The van der Waals surface area contributed by atoms with Crippen molar-refractivity contribution in [3.63, 3.8) is 0 Å². The summed E-state index contributed by atoms with van der Waals surface area (Å²) in [7, 11) is 1.57. The molecule has 18 heavy (non-hydrogen) atoms. The van der Waals surface area contributed by atoms with Crippen LogP contribution in [0.1, 0.15) is 6.92 Å². The van der Waals surface area contributed by atoms with E-state index in [4.69, 9.17) is 5.84 Å². The van der Waals surface area contributed by atoms with Crippen LogP contribution in [0.15, 0.2) is 6.20 Å². The maximum atomic E-state index is 11.5. The highest BCUT2D eigenvalue weighted by Gasteiger charge is 2.15. The third kappa shape index (κ3) is 2.15. The highest BCUT2D eigenvalue weighted by molar-refractivity contribution is 5.90. The van der Waals surface area contributed by atoms with Gasteiger partial charge in [-0.05, 0) is 6.92 Å². The molecule has 1 amide bonds. The van der Waals surface area contributed by atoms with Crippen molar-refractivity contribution in [2.45, 2.75) is 13.0 Å². The van der Waals surface area contributed by atoms with E-state index in [1.165, 1.54) is 0 Å². The highest BCUT2D eigenvalue weighted by Crippen LogP contribution is 2.20. The summed E-state index contributed by atoms with van der Waals surface area (Å²) < 4.78 is 0. The molecule has 0 fully saturated rings. The number of nitrogens with one attached hydrogen (secondary N) is 4. The van der Waals surface area contributed by atoms with Crippen LogP contribution >= 0.6 is 0 Å². The van der Waals surface area contributed by atoms with Gasteiger partial charge in [0.1, 0.15) is 11.9 Å². The van der Waals surface area contributed by atoms with Gasteiger partial charge >= 0.3 is 0 Å². The Morgan fingerprint density at radius 3 is 2.94 bits per heavy atom. The summed E-state index contributed by atoms with van der Waals surface area (Å²) in [5, 5.41) is 12.8. The van der Waals surface area contributed by atoms with Gasteiger partial charge in [-0.1, -0.05) is 0 Å². The summed E-state index contributed by atoms with van der Waals surface area (Å²) in [6, 6.07) is -0.436. The number of fused-ring (bicyclic) bond motifs is 1. The van der Waals surface area contributed by atoms with Crippen LogP contribution in [0.5, 0.6) is 0 Å². The Labute approximate surface area is 103 Å². The number of hydrogen-bond donors (Lipinski definition) is 5. The van der Waals surface area contributed by atoms with Gasteiger partial charge < -0.3 is 10.6 Å². The normalized spacial score (nSPS) is 12.2. The van der Waals surface area contributed by atoms with Crippen LogP contribution in [0.4, 0.5) is 11.8 Å². The molecule has 0 aliphatic rings. The Balaban J connectivity index is 2.36. The van der Waals surface area contributed by atoms with E-state index in [9.17, 15) is 4.79 Å². The van der Waals surface area contributed by atoms with Gasteiger partial charge in [0.15, 0.2) is 5.65 Å². The maximum absolute atomic E-state index is 11.5. The number of likely N-dealkylation sites (N-methyl/N-ethyl adjacent to an activating group) is 1. The minimum atomic E-state index is -0.436. The third-order valence-electron chi connectivity index (χ3n) is 2.43. The number of anilines is 2. The van der Waals surface area contributed by atoms with Crippen molar-refractivity contribution in [1.82, 2.24) is 25.5 Å². The molecule has 0 radical (unpaired) electrons. The number of carbonyl (C=O) groups excluding carboxylic acids is 1. The van der Waals surface area contributed by atoms with Crippen molar-refractivity contribution in [2.24, 2.45) is 5.84 Å². The number of hydrogen-bond acceptors (Lipinski definition) is 7. The smallest absolute Gasteiger partial charge is 0.241 e. The van der Waals surface area contributed by atoms with Gasteiger partial charge in [0.25, 0.3) is 0 Å². The molecule has 6 N–H and O–H groups in total. The quantitative estimate of drug-likeness (QED) is 0.353. The van der Waals surface area contributed by atoms with Gasteiger partial charge in [0, 0.05) is 7.05 Å². The van der Waals surface area contributed by atoms with E-state index in [2.05, 4.69) is 36.2 Å². The van der Waals surface area contributed by atoms with Crippen LogP contribution in [0.3, 0.4) is 0 Å². The lowest BCUT2D eigenvalue weighted by Crippen LogP contribution is -2.35. The summed E-state index contributed by atoms with van der Waals surface area (Å²) in [5.74, 6) is 5.85. The number of H-pyrrole nitrogens is 1. The van der Waals surface area contributed by atoms with E-state index < -0.39 is 6.04 Å². The Bertz CT molecular complexity index is 565. The predicted octanol–water partition coefficient (Wildman–Crippen LogP) is -0.815. The number of aromatic amines is 1. The zero-order chi connectivity index (χ0) is 13.1. The third-order valence-corrected chi connectivity index (χ3v) is 2.43. The number of nitrogen functional groups attached to an aromatic ring is 1. The average molecular weight is 250 g/mol. The number of aromatic nitrogens is 4. The fourth-order valence-electron chi connectivity index (χ4n) is 1.50. The first-order chi connectivity index (χ1) is 8.65. The van der Waals surface area contributed by atoms with E-state index in [0.717, 1.165) is 0 Å². The van der Waals surface area contributed by atoms with Crippen molar-refractivity contribution in [3.05, 3.63) is 6.20 Å². The Morgan fingerprint density at radius 2 is 2.28 bits per heavy atom. The minimum Gasteiger partial charge on any atom is -0.358 e. The highest BCUT2D eigenvalue weighted by atomic mass is 16.2. The number of hydrazine groups is 1. The lowest BCUT2D eigenvalue weighted by Gasteiger charge is -2.13. The second-order valence-electron chi connectivity index (χ2n) is 3.65. The van der Waals surface area contributed by atoms with Crippen molar-refractivity contribution in [1.29, 1.82) is 0 Å². The standard InChI is InChI=1S/C9H14N8O/c1-4(8(18)11-2)13-6-5-3-12-17-7(5)15-9(14-6)16-10/h3-4H,10H2,1-2H3,(H,11,18)(H3,12,13,14,15,16,17). The molecule has 0 bridgehead atoms. The Kier molecular flexibility index (Phi) is 3.24. The molecule has 9 nitrogen and oxygen atoms in total.